The highest BCUT2D eigenvalue weighted by Crippen LogP contribution is 2.34. The van der Waals surface area contributed by atoms with Crippen molar-refractivity contribution in [2.24, 2.45) is 0 Å². The number of benzene rings is 4. The van der Waals surface area contributed by atoms with Crippen LogP contribution in [0.25, 0.3) is 6.08 Å². The van der Waals surface area contributed by atoms with Crippen molar-refractivity contribution in [1.29, 1.82) is 0 Å². The van der Waals surface area contributed by atoms with Crippen LogP contribution in [0.5, 0.6) is 11.5 Å². The number of ether oxygens (including phenoxy) is 2. The van der Waals surface area contributed by atoms with Gasteiger partial charge in [-0.15, -0.1) is 11.8 Å². The molecule has 0 fully saturated rings. The molecule has 10 heteroatoms. The second-order valence-corrected chi connectivity index (χ2v) is 9.86. The van der Waals surface area contributed by atoms with Crippen molar-refractivity contribution < 1.29 is 28.2 Å². The molecule has 0 spiro atoms. The number of rotatable bonds is 9. The zero-order chi connectivity index (χ0) is 28.6. The molecule has 5 rings (SSSR count). The zero-order valence-corrected chi connectivity index (χ0v) is 22.4. The third-order valence-electron chi connectivity index (χ3n) is 5.85. The quantitative estimate of drug-likeness (QED) is 0.177. The maximum absolute atomic E-state index is 13.4. The molecule has 3 amide bonds. The maximum Gasteiger partial charge on any atom is 0.272 e. The topological polar surface area (TPSA) is 106 Å². The van der Waals surface area contributed by atoms with Crippen molar-refractivity contribution in [2.75, 3.05) is 23.2 Å². The van der Waals surface area contributed by atoms with Crippen LogP contribution < -0.4 is 25.4 Å². The molecule has 4 aromatic rings. The van der Waals surface area contributed by atoms with Crippen molar-refractivity contribution >= 4 is 46.9 Å². The highest BCUT2D eigenvalue weighted by Gasteiger charge is 2.16. The van der Waals surface area contributed by atoms with E-state index in [-0.39, 0.29) is 24.2 Å². The molecule has 0 saturated heterocycles. The maximum atomic E-state index is 13.4. The minimum absolute atomic E-state index is 0.0101. The van der Waals surface area contributed by atoms with Gasteiger partial charge in [0, 0.05) is 27.9 Å². The standard InChI is InChI=1S/C31H24FN3O5S/c32-22-8-6-20(7-9-22)16-26(35-30(37)21-4-2-1-3-5-21)31(38)34-23-10-13-25(14-11-23)41-18-29(36)33-24-12-15-27-28(17-24)40-19-39-27/h1-17H,18-19H2,(H,33,36)(H,34,38)(H,35,37)/b26-16-. The first-order valence-corrected chi connectivity index (χ1v) is 13.5. The first-order valence-electron chi connectivity index (χ1n) is 12.5. The fourth-order valence-corrected chi connectivity index (χ4v) is 4.52. The van der Waals surface area contributed by atoms with Crippen LogP contribution >= 0.6 is 11.8 Å². The third kappa shape index (κ3) is 7.52. The van der Waals surface area contributed by atoms with E-state index in [9.17, 15) is 18.8 Å². The van der Waals surface area contributed by atoms with Gasteiger partial charge < -0.3 is 25.4 Å². The van der Waals surface area contributed by atoms with Crippen LogP contribution in [0.1, 0.15) is 15.9 Å². The number of fused-ring (bicyclic) bond motifs is 1. The minimum atomic E-state index is -0.554. The Hall–Kier alpha value is -5.09. The molecule has 0 aromatic heterocycles. The number of hydrogen-bond acceptors (Lipinski definition) is 6. The van der Waals surface area contributed by atoms with Crippen molar-refractivity contribution in [1.82, 2.24) is 5.32 Å². The first-order chi connectivity index (χ1) is 19.9. The molecule has 1 heterocycles. The molecular formula is C31H24FN3O5S. The van der Waals surface area contributed by atoms with Crippen LogP contribution in [-0.2, 0) is 9.59 Å². The summed E-state index contributed by atoms with van der Waals surface area (Å²) in [7, 11) is 0. The summed E-state index contributed by atoms with van der Waals surface area (Å²) >= 11 is 1.34. The van der Waals surface area contributed by atoms with Crippen molar-refractivity contribution in [3.8, 4) is 11.5 Å². The number of nitrogens with one attached hydrogen (secondary N) is 3. The predicted molar refractivity (Wildman–Crippen MR) is 155 cm³/mol. The Morgan fingerprint density at radius 3 is 2.27 bits per heavy atom. The van der Waals surface area contributed by atoms with Gasteiger partial charge in [-0.3, -0.25) is 14.4 Å². The average molecular weight is 570 g/mol. The molecule has 0 atom stereocenters. The van der Waals surface area contributed by atoms with Gasteiger partial charge in [-0.25, -0.2) is 4.39 Å². The number of anilines is 2. The molecule has 0 saturated carbocycles. The first kappa shape index (κ1) is 27.5. The van der Waals surface area contributed by atoms with Crippen LogP contribution in [0, 0.1) is 5.82 Å². The summed E-state index contributed by atoms with van der Waals surface area (Å²) in [6.07, 6.45) is 1.47. The van der Waals surface area contributed by atoms with E-state index in [1.54, 1.807) is 72.8 Å². The number of thioether (sulfide) groups is 1. The number of amides is 3. The number of carbonyl (C=O) groups excluding carboxylic acids is 3. The van der Waals surface area contributed by atoms with Crippen molar-refractivity contribution in [3.63, 3.8) is 0 Å². The highest BCUT2D eigenvalue weighted by atomic mass is 32.2. The Kier molecular flexibility index (Phi) is 8.61. The van der Waals surface area contributed by atoms with Crippen molar-refractivity contribution in [3.05, 3.63) is 120 Å². The predicted octanol–water partition coefficient (Wildman–Crippen LogP) is 5.69. The molecule has 0 bridgehead atoms. The number of halogens is 1. The average Bonchev–Trinajstić information content (AvgIpc) is 3.46. The third-order valence-corrected chi connectivity index (χ3v) is 6.86. The Morgan fingerprint density at radius 2 is 1.51 bits per heavy atom. The number of hydrogen-bond donors (Lipinski definition) is 3. The molecule has 41 heavy (non-hydrogen) atoms. The molecular weight excluding hydrogens is 545 g/mol. The zero-order valence-electron chi connectivity index (χ0n) is 21.6. The van der Waals surface area contributed by atoms with E-state index in [0.717, 1.165) is 4.90 Å². The normalized spacial score (nSPS) is 12.0. The fourth-order valence-electron chi connectivity index (χ4n) is 3.82. The second kappa shape index (κ2) is 12.8. The lowest BCUT2D eigenvalue weighted by molar-refractivity contribution is -0.114. The molecule has 3 N–H and O–H groups in total. The summed E-state index contributed by atoms with van der Waals surface area (Å²) < 4.78 is 24.0. The van der Waals surface area contributed by atoms with Crippen LogP contribution in [0.4, 0.5) is 15.8 Å². The van der Waals surface area contributed by atoms with Crippen LogP contribution in [0.15, 0.2) is 108 Å². The van der Waals surface area contributed by atoms with Gasteiger partial charge in [0.1, 0.15) is 11.5 Å². The van der Waals surface area contributed by atoms with E-state index in [1.165, 1.54) is 42.1 Å². The summed E-state index contributed by atoms with van der Waals surface area (Å²) in [6.45, 7) is 0.160. The molecule has 0 unspecified atom stereocenters. The SMILES string of the molecule is O=C(CSc1ccc(NC(=O)/C(=C/c2ccc(F)cc2)NC(=O)c2ccccc2)cc1)Nc1ccc2c(c1)OCO2. The van der Waals surface area contributed by atoms with Crippen LogP contribution in [0.3, 0.4) is 0 Å². The molecule has 8 nitrogen and oxygen atoms in total. The fraction of sp³-hybridized carbons (Fsp3) is 0.0645. The monoisotopic (exact) mass is 569 g/mol. The van der Waals surface area contributed by atoms with Crippen LogP contribution in [0.2, 0.25) is 0 Å². The molecule has 0 radical (unpaired) electrons. The van der Waals surface area contributed by atoms with E-state index in [0.29, 0.717) is 34.0 Å². The second-order valence-electron chi connectivity index (χ2n) is 8.81. The van der Waals surface area contributed by atoms with Crippen LogP contribution in [-0.4, -0.2) is 30.3 Å². The Balaban J connectivity index is 1.20. The molecule has 1 aliphatic heterocycles. The van der Waals surface area contributed by atoms with E-state index in [4.69, 9.17) is 9.47 Å². The molecule has 1 aliphatic rings. The lowest BCUT2D eigenvalue weighted by Crippen LogP contribution is -2.30. The van der Waals surface area contributed by atoms with Gasteiger partial charge in [-0.05, 0) is 72.3 Å². The van der Waals surface area contributed by atoms with Gasteiger partial charge in [-0.1, -0.05) is 30.3 Å². The highest BCUT2D eigenvalue weighted by molar-refractivity contribution is 8.00. The van der Waals surface area contributed by atoms with Gasteiger partial charge in [0.2, 0.25) is 12.7 Å². The molecule has 0 aliphatic carbocycles. The van der Waals surface area contributed by atoms with Gasteiger partial charge in [0.15, 0.2) is 11.5 Å². The largest absolute Gasteiger partial charge is 0.454 e. The number of carbonyl (C=O) groups is 3. The van der Waals surface area contributed by atoms with E-state index < -0.39 is 17.6 Å². The van der Waals surface area contributed by atoms with E-state index >= 15 is 0 Å². The summed E-state index contributed by atoms with van der Waals surface area (Å²) in [5.74, 6) is -0.205. The van der Waals surface area contributed by atoms with Crippen molar-refractivity contribution in [2.45, 2.75) is 4.90 Å². The lowest BCUT2D eigenvalue weighted by atomic mass is 10.1. The van der Waals surface area contributed by atoms with Gasteiger partial charge in [0.05, 0.1) is 5.75 Å². The lowest BCUT2D eigenvalue weighted by Gasteiger charge is -2.12. The smallest absolute Gasteiger partial charge is 0.272 e. The van der Waals surface area contributed by atoms with Gasteiger partial charge >= 0.3 is 0 Å². The summed E-state index contributed by atoms with van der Waals surface area (Å²) in [5.41, 5.74) is 2.01. The van der Waals surface area contributed by atoms with E-state index in [1.807, 2.05) is 0 Å². The molecule has 4 aromatic carbocycles. The molecule has 206 valence electrons. The summed E-state index contributed by atoms with van der Waals surface area (Å²) in [6, 6.07) is 26.2. The van der Waals surface area contributed by atoms with Gasteiger partial charge in [0.25, 0.3) is 11.8 Å². The Morgan fingerprint density at radius 1 is 0.805 bits per heavy atom. The minimum Gasteiger partial charge on any atom is -0.454 e. The van der Waals surface area contributed by atoms with E-state index in [2.05, 4.69) is 16.0 Å². The van der Waals surface area contributed by atoms with Gasteiger partial charge in [-0.2, -0.15) is 0 Å². The summed E-state index contributed by atoms with van der Waals surface area (Å²) in [4.78, 5) is 39.1. The Labute approximate surface area is 239 Å². The summed E-state index contributed by atoms with van der Waals surface area (Å²) in [5, 5.41) is 8.24. The Bertz CT molecular complexity index is 1590.